The molecule has 0 radical (unpaired) electrons. The van der Waals surface area contributed by atoms with E-state index in [0.717, 1.165) is 44.3 Å². The van der Waals surface area contributed by atoms with Crippen LogP contribution in [0.2, 0.25) is 0 Å². The SMILES string of the molecule is CC[C@@]12C=C(C(=O)OCCOC(C)=O)n3c4c(c5ccccc53)CCN(CCC1)[C@@H]42. The molecule has 2 aromatic rings. The summed E-state index contributed by atoms with van der Waals surface area (Å²) in [6.45, 7) is 5.91. The maximum absolute atomic E-state index is 13.2. The molecule has 0 N–H and O–H groups in total. The second-order valence-corrected chi connectivity index (χ2v) is 8.60. The first-order valence-electron chi connectivity index (χ1n) is 11.0. The van der Waals surface area contributed by atoms with E-state index in [9.17, 15) is 9.59 Å². The number of benzene rings is 1. The molecule has 0 amide bonds. The van der Waals surface area contributed by atoms with Gasteiger partial charge in [0, 0.05) is 30.0 Å². The first-order chi connectivity index (χ1) is 14.6. The molecule has 0 spiro atoms. The molecular weight excluding hydrogens is 380 g/mol. The highest BCUT2D eigenvalue weighted by atomic mass is 16.6. The van der Waals surface area contributed by atoms with Crippen LogP contribution in [0.3, 0.4) is 0 Å². The number of rotatable bonds is 5. The fourth-order valence-electron chi connectivity index (χ4n) is 5.82. The molecule has 30 heavy (non-hydrogen) atoms. The fraction of sp³-hybridized carbons (Fsp3) is 0.500. The Morgan fingerprint density at radius 2 is 1.97 bits per heavy atom. The highest BCUT2D eigenvalue weighted by Gasteiger charge is 2.51. The molecule has 6 nitrogen and oxygen atoms in total. The maximum atomic E-state index is 13.2. The lowest BCUT2D eigenvalue weighted by molar-refractivity contribution is -0.147. The molecule has 158 valence electrons. The Morgan fingerprint density at radius 3 is 2.77 bits per heavy atom. The van der Waals surface area contributed by atoms with E-state index in [1.165, 1.54) is 23.6 Å². The Bertz CT molecular complexity index is 1050. The number of carbonyl (C=O) groups is 2. The monoisotopic (exact) mass is 408 g/mol. The molecule has 4 heterocycles. The summed E-state index contributed by atoms with van der Waals surface area (Å²) < 4.78 is 12.6. The van der Waals surface area contributed by atoms with Crippen LogP contribution in [0.15, 0.2) is 30.3 Å². The van der Waals surface area contributed by atoms with Gasteiger partial charge in [-0.1, -0.05) is 25.1 Å². The summed E-state index contributed by atoms with van der Waals surface area (Å²) in [6.07, 6.45) is 6.40. The lowest BCUT2D eigenvalue weighted by atomic mass is 9.66. The van der Waals surface area contributed by atoms with Crippen molar-refractivity contribution >= 4 is 28.5 Å². The minimum atomic E-state index is -0.372. The van der Waals surface area contributed by atoms with E-state index >= 15 is 0 Å². The molecule has 2 atom stereocenters. The van der Waals surface area contributed by atoms with E-state index in [1.807, 2.05) is 6.07 Å². The van der Waals surface area contributed by atoms with Gasteiger partial charge >= 0.3 is 11.9 Å². The second kappa shape index (κ2) is 7.27. The third-order valence-electron chi connectivity index (χ3n) is 7.08. The Labute approximate surface area is 176 Å². The Hall–Kier alpha value is -2.60. The predicted molar refractivity (Wildman–Crippen MR) is 114 cm³/mol. The summed E-state index contributed by atoms with van der Waals surface area (Å²) >= 11 is 0. The van der Waals surface area contributed by atoms with Gasteiger partial charge in [-0.25, -0.2) is 4.79 Å². The summed E-state index contributed by atoms with van der Waals surface area (Å²) in [7, 11) is 0. The summed E-state index contributed by atoms with van der Waals surface area (Å²) in [6, 6.07) is 8.68. The number of hydrogen-bond donors (Lipinski definition) is 0. The molecule has 3 aliphatic heterocycles. The van der Waals surface area contributed by atoms with Gasteiger partial charge in [-0.3, -0.25) is 9.69 Å². The number of ether oxygens (including phenoxy) is 2. The van der Waals surface area contributed by atoms with Crippen LogP contribution < -0.4 is 0 Å². The predicted octanol–water partition coefficient (Wildman–Crippen LogP) is 3.69. The third kappa shape index (κ3) is 2.81. The standard InChI is InChI=1S/C24H28N2O4/c1-3-24-10-6-11-25-12-9-18-17-7-4-5-8-19(17)26(21(18)22(24)25)20(15-24)23(28)30-14-13-29-16(2)27/h4-5,7-8,15,22H,3,6,9-14H2,1-2H3/t22-,24-/m0/s1. The lowest BCUT2D eigenvalue weighted by Gasteiger charge is -2.53. The Morgan fingerprint density at radius 1 is 1.17 bits per heavy atom. The average Bonchev–Trinajstić information content (AvgIpc) is 3.10. The lowest BCUT2D eigenvalue weighted by Crippen LogP contribution is -2.51. The van der Waals surface area contributed by atoms with Crippen LogP contribution in [0.5, 0.6) is 0 Å². The molecule has 3 aliphatic rings. The van der Waals surface area contributed by atoms with Crippen molar-refractivity contribution < 1.29 is 19.1 Å². The third-order valence-corrected chi connectivity index (χ3v) is 7.08. The van der Waals surface area contributed by atoms with Crippen LogP contribution in [0.25, 0.3) is 16.6 Å². The molecular formula is C24H28N2O4. The van der Waals surface area contributed by atoms with Gasteiger partial charge in [-0.2, -0.15) is 0 Å². The average molecular weight is 408 g/mol. The van der Waals surface area contributed by atoms with Crippen molar-refractivity contribution in [3.05, 3.63) is 41.6 Å². The van der Waals surface area contributed by atoms with Crippen molar-refractivity contribution in [2.45, 2.75) is 45.6 Å². The minimum Gasteiger partial charge on any atom is -0.462 e. The number of carbonyl (C=O) groups excluding carboxylic acids is 2. The summed E-state index contributed by atoms with van der Waals surface area (Å²) in [5.74, 6) is -0.719. The van der Waals surface area contributed by atoms with Gasteiger partial charge in [0.2, 0.25) is 0 Å². The van der Waals surface area contributed by atoms with E-state index in [1.54, 1.807) is 0 Å². The van der Waals surface area contributed by atoms with Gasteiger partial charge < -0.3 is 14.0 Å². The largest absolute Gasteiger partial charge is 0.462 e. The van der Waals surface area contributed by atoms with Crippen LogP contribution in [-0.4, -0.2) is 47.7 Å². The van der Waals surface area contributed by atoms with Gasteiger partial charge in [0.1, 0.15) is 18.9 Å². The quantitative estimate of drug-likeness (QED) is 0.558. The van der Waals surface area contributed by atoms with Crippen LogP contribution in [-0.2, 0) is 25.5 Å². The molecule has 0 unspecified atom stereocenters. The molecule has 6 heteroatoms. The zero-order valence-electron chi connectivity index (χ0n) is 17.6. The van der Waals surface area contributed by atoms with Crippen molar-refractivity contribution in [1.82, 2.24) is 9.47 Å². The zero-order chi connectivity index (χ0) is 20.9. The van der Waals surface area contributed by atoms with Crippen molar-refractivity contribution in [2.75, 3.05) is 26.3 Å². The molecule has 5 rings (SSSR count). The second-order valence-electron chi connectivity index (χ2n) is 8.60. The van der Waals surface area contributed by atoms with Crippen molar-refractivity contribution in [3.8, 4) is 0 Å². The molecule has 0 saturated carbocycles. The van der Waals surface area contributed by atoms with E-state index in [2.05, 4.69) is 40.7 Å². The number of hydrogen-bond acceptors (Lipinski definition) is 5. The maximum Gasteiger partial charge on any atom is 0.355 e. The fourth-order valence-corrected chi connectivity index (χ4v) is 5.82. The first kappa shape index (κ1) is 19.4. The first-order valence-corrected chi connectivity index (χ1v) is 11.0. The van der Waals surface area contributed by atoms with E-state index in [0.29, 0.717) is 11.7 Å². The number of piperidine rings is 1. The highest BCUT2D eigenvalue weighted by Crippen LogP contribution is 2.57. The zero-order valence-corrected chi connectivity index (χ0v) is 17.6. The smallest absolute Gasteiger partial charge is 0.355 e. The van der Waals surface area contributed by atoms with Crippen molar-refractivity contribution in [2.24, 2.45) is 5.41 Å². The van der Waals surface area contributed by atoms with E-state index in [4.69, 9.17) is 9.47 Å². The van der Waals surface area contributed by atoms with Crippen LogP contribution >= 0.6 is 0 Å². The number of aromatic nitrogens is 1. The van der Waals surface area contributed by atoms with Gasteiger partial charge in [-0.15, -0.1) is 0 Å². The number of fused-ring (bicyclic) bond motifs is 3. The Balaban J connectivity index is 1.62. The summed E-state index contributed by atoms with van der Waals surface area (Å²) in [5, 5.41) is 1.24. The van der Waals surface area contributed by atoms with Crippen molar-refractivity contribution in [3.63, 3.8) is 0 Å². The van der Waals surface area contributed by atoms with E-state index < -0.39 is 0 Å². The van der Waals surface area contributed by atoms with Gasteiger partial charge in [0.25, 0.3) is 0 Å². The molecule has 1 fully saturated rings. The number of esters is 2. The topological polar surface area (TPSA) is 60.8 Å². The highest BCUT2D eigenvalue weighted by molar-refractivity contribution is 6.13. The molecule has 0 aliphatic carbocycles. The molecule has 1 saturated heterocycles. The van der Waals surface area contributed by atoms with Crippen LogP contribution in [0, 0.1) is 5.41 Å². The minimum absolute atomic E-state index is 0.0535. The molecule has 1 aromatic heterocycles. The summed E-state index contributed by atoms with van der Waals surface area (Å²) in [5.41, 5.74) is 4.28. The summed E-state index contributed by atoms with van der Waals surface area (Å²) in [4.78, 5) is 26.8. The van der Waals surface area contributed by atoms with Crippen molar-refractivity contribution in [1.29, 1.82) is 0 Å². The van der Waals surface area contributed by atoms with Crippen LogP contribution in [0.4, 0.5) is 0 Å². The van der Waals surface area contributed by atoms with Gasteiger partial charge in [-0.05, 0) is 49.9 Å². The van der Waals surface area contributed by atoms with Gasteiger partial charge in [0.05, 0.1) is 11.6 Å². The number of para-hydroxylation sites is 1. The normalized spacial score (nSPS) is 24.9. The molecule has 1 aromatic carbocycles. The number of nitrogens with zero attached hydrogens (tertiary/aromatic N) is 2. The van der Waals surface area contributed by atoms with Crippen LogP contribution in [0.1, 0.15) is 50.4 Å². The van der Waals surface area contributed by atoms with Gasteiger partial charge in [0.15, 0.2) is 0 Å². The Kier molecular flexibility index (Phi) is 4.69. The van der Waals surface area contributed by atoms with E-state index in [-0.39, 0.29) is 30.6 Å². The molecule has 0 bridgehead atoms.